The first-order valence-electron chi connectivity index (χ1n) is 12.1. The summed E-state index contributed by atoms with van der Waals surface area (Å²) in [5.41, 5.74) is 3.97. The van der Waals surface area contributed by atoms with Crippen LogP contribution in [0.5, 0.6) is 0 Å². The maximum absolute atomic E-state index is 14.9. The first-order chi connectivity index (χ1) is 15.7. The molecule has 0 nitrogen and oxygen atoms in total. The fourth-order valence-electron chi connectivity index (χ4n) is 4.91. The number of rotatable bonds is 6. The maximum atomic E-state index is 14.9. The third kappa shape index (κ3) is 5.49. The molecule has 1 heteroatoms. The van der Waals surface area contributed by atoms with Gasteiger partial charge in [-0.3, -0.25) is 0 Å². The largest absolute Gasteiger partial charge is 0.205 e. The Morgan fingerprint density at radius 2 is 1.62 bits per heavy atom. The van der Waals surface area contributed by atoms with Crippen molar-refractivity contribution in [3.05, 3.63) is 95.3 Å². The lowest BCUT2D eigenvalue weighted by molar-refractivity contribution is 0.265. The van der Waals surface area contributed by atoms with Gasteiger partial charge >= 0.3 is 0 Å². The van der Waals surface area contributed by atoms with E-state index in [1.807, 2.05) is 18.2 Å². The predicted octanol–water partition coefficient (Wildman–Crippen LogP) is 8.26. The molecule has 1 fully saturated rings. The zero-order chi connectivity index (χ0) is 22.3. The van der Waals surface area contributed by atoms with Crippen LogP contribution in [-0.2, 0) is 12.8 Å². The van der Waals surface area contributed by atoms with E-state index < -0.39 is 0 Å². The third-order valence-corrected chi connectivity index (χ3v) is 7.03. The van der Waals surface area contributed by atoms with Crippen LogP contribution >= 0.6 is 0 Å². The lowest BCUT2D eigenvalue weighted by Crippen LogP contribution is -2.14. The molecule has 0 N–H and O–H groups in total. The molecule has 0 bridgehead atoms. The quantitative estimate of drug-likeness (QED) is 0.276. The molecule has 32 heavy (non-hydrogen) atoms. The Hall–Kier alpha value is -2.85. The summed E-state index contributed by atoms with van der Waals surface area (Å²) in [5.74, 6) is 7.68. The molecule has 0 unspecified atom stereocenters. The summed E-state index contributed by atoms with van der Waals surface area (Å²) in [5, 5.41) is 1.58. The molecule has 0 amide bonds. The number of hydrogen-bond donors (Lipinski definition) is 0. The van der Waals surface area contributed by atoms with Crippen molar-refractivity contribution in [3.8, 4) is 11.8 Å². The minimum atomic E-state index is -0.225. The first-order valence-corrected chi connectivity index (χ1v) is 12.1. The van der Waals surface area contributed by atoms with E-state index in [4.69, 9.17) is 0 Å². The van der Waals surface area contributed by atoms with Crippen LogP contribution < -0.4 is 0 Å². The number of hydrogen-bond acceptors (Lipinski definition) is 0. The van der Waals surface area contributed by atoms with E-state index >= 15 is 0 Å². The molecule has 0 saturated heterocycles. The molecule has 0 radical (unpaired) electrons. The van der Waals surface area contributed by atoms with Crippen LogP contribution in [0, 0.1) is 29.5 Å². The number of halogens is 1. The molecular weight excluding hydrogens is 391 g/mol. The maximum Gasteiger partial charge on any atom is 0.146 e. The van der Waals surface area contributed by atoms with Gasteiger partial charge in [0, 0.05) is 10.9 Å². The van der Waals surface area contributed by atoms with Crippen LogP contribution in [0.25, 0.3) is 10.8 Å². The van der Waals surface area contributed by atoms with Crippen molar-refractivity contribution in [2.24, 2.45) is 11.8 Å². The molecule has 3 aromatic rings. The standard InChI is InChI=1S/C31H33F/c1-3-5-24-6-8-25(9-7-24)10-11-26-12-14-27(15-13-26)16-18-28-19-20-29-22-23(4-2)17-21-30(29)31(28)32/h3,12-15,17,19-22,24-25H,1,4-11H2,2H3. The van der Waals surface area contributed by atoms with Crippen molar-refractivity contribution < 1.29 is 4.39 Å². The van der Waals surface area contributed by atoms with Gasteiger partial charge in [0.05, 0.1) is 5.56 Å². The fourth-order valence-corrected chi connectivity index (χ4v) is 4.91. The highest BCUT2D eigenvalue weighted by atomic mass is 19.1. The van der Waals surface area contributed by atoms with Gasteiger partial charge in [0.1, 0.15) is 5.82 Å². The molecule has 1 aliphatic rings. The highest BCUT2D eigenvalue weighted by molar-refractivity contribution is 5.85. The molecule has 0 heterocycles. The summed E-state index contributed by atoms with van der Waals surface area (Å²) >= 11 is 0. The number of fused-ring (bicyclic) bond motifs is 1. The topological polar surface area (TPSA) is 0 Å². The van der Waals surface area contributed by atoms with E-state index in [1.165, 1.54) is 49.7 Å². The lowest BCUT2D eigenvalue weighted by Gasteiger charge is -2.27. The lowest BCUT2D eigenvalue weighted by atomic mass is 9.78. The monoisotopic (exact) mass is 424 g/mol. The number of allylic oxidation sites excluding steroid dienone is 1. The second-order valence-electron chi connectivity index (χ2n) is 9.23. The second kappa shape index (κ2) is 10.6. The van der Waals surface area contributed by atoms with Gasteiger partial charge in [-0.15, -0.1) is 6.58 Å². The van der Waals surface area contributed by atoms with Gasteiger partial charge in [0.2, 0.25) is 0 Å². The molecular formula is C31H33F. The van der Waals surface area contributed by atoms with E-state index in [2.05, 4.69) is 61.8 Å². The van der Waals surface area contributed by atoms with Gasteiger partial charge in [-0.1, -0.05) is 74.1 Å². The molecule has 1 saturated carbocycles. The van der Waals surface area contributed by atoms with E-state index in [-0.39, 0.29) is 5.82 Å². The van der Waals surface area contributed by atoms with Crippen molar-refractivity contribution in [3.63, 3.8) is 0 Å². The van der Waals surface area contributed by atoms with Crippen LogP contribution in [-0.4, -0.2) is 0 Å². The van der Waals surface area contributed by atoms with E-state index in [0.717, 1.165) is 35.6 Å². The SMILES string of the molecule is C=CCC1CCC(CCc2ccc(C#Cc3ccc4cc(CC)ccc4c3F)cc2)CC1. The summed E-state index contributed by atoms with van der Waals surface area (Å²) in [6.07, 6.45) is 12.0. The molecule has 164 valence electrons. The van der Waals surface area contributed by atoms with Crippen LogP contribution in [0.4, 0.5) is 4.39 Å². The fraction of sp³-hybridized carbons (Fsp3) is 0.355. The Kier molecular flexibility index (Phi) is 7.43. The number of aryl methyl sites for hydroxylation is 2. The third-order valence-electron chi connectivity index (χ3n) is 7.03. The smallest absolute Gasteiger partial charge is 0.146 e. The summed E-state index contributed by atoms with van der Waals surface area (Å²) in [6.45, 7) is 5.99. The van der Waals surface area contributed by atoms with Gasteiger partial charge in [0.15, 0.2) is 0 Å². The minimum Gasteiger partial charge on any atom is -0.205 e. The average Bonchev–Trinajstić information content (AvgIpc) is 2.84. The Morgan fingerprint density at radius 1 is 0.906 bits per heavy atom. The molecule has 3 aromatic carbocycles. The Labute approximate surface area is 192 Å². The van der Waals surface area contributed by atoms with Crippen molar-refractivity contribution in [1.82, 2.24) is 0 Å². The van der Waals surface area contributed by atoms with Crippen LogP contribution in [0.2, 0.25) is 0 Å². The van der Waals surface area contributed by atoms with E-state index in [0.29, 0.717) is 10.9 Å². The van der Waals surface area contributed by atoms with Crippen LogP contribution in [0.15, 0.2) is 67.3 Å². The van der Waals surface area contributed by atoms with Gasteiger partial charge in [-0.05, 0) is 85.1 Å². The van der Waals surface area contributed by atoms with Crippen LogP contribution in [0.3, 0.4) is 0 Å². The molecule has 0 spiro atoms. The highest BCUT2D eigenvalue weighted by Gasteiger charge is 2.19. The Morgan fingerprint density at radius 3 is 2.34 bits per heavy atom. The molecule has 4 rings (SSSR count). The van der Waals surface area contributed by atoms with Gasteiger partial charge in [-0.2, -0.15) is 0 Å². The summed E-state index contributed by atoms with van der Waals surface area (Å²) in [6, 6.07) is 18.2. The van der Waals surface area contributed by atoms with E-state index in [9.17, 15) is 4.39 Å². The summed E-state index contributed by atoms with van der Waals surface area (Å²) in [4.78, 5) is 0. The molecule has 0 aromatic heterocycles. The van der Waals surface area contributed by atoms with Gasteiger partial charge < -0.3 is 0 Å². The van der Waals surface area contributed by atoms with E-state index in [1.54, 1.807) is 6.07 Å². The average molecular weight is 425 g/mol. The number of benzene rings is 3. The minimum absolute atomic E-state index is 0.225. The molecule has 1 aliphatic carbocycles. The zero-order valence-electron chi connectivity index (χ0n) is 19.2. The highest BCUT2D eigenvalue weighted by Crippen LogP contribution is 2.33. The van der Waals surface area contributed by atoms with Gasteiger partial charge in [0.25, 0.3) is 0 Å². The van der Waals surface area contributed by atoms with Gasteiger partial charge in [-0.25, -0.2) is 4.39 Å². The van der Waals surface area contributed by atoms with Crippen molar-refractivity contribution in [1.29, 1.82) is 0 Å². The van der Waals surface area contributed by atoms with Crippen molar-refractivity contribution in [2.75, 3.05) is 0 Å². The van der Waals surface area contributed by atoms with Crippen molar-refractivity contribution >= 4 is 10.8 Å². The Bertz CT molecular complexity index is 1120. The summed E-state index contributed by atoms with van der Waals surface area (Å²) in [7, 11) is 0. The summed E-state index contributed by atoms with van der Waals surface area (Å²) < 4.78 is 14.9. The first kappa shape index (κ1) is 22.3. The normalized spacial score (nSPS) is 18.2. The predicted molar refractivity (Wildman–Crippen MR) is 134 cm³/mol. The molecule has 0 aliphatic heterocycles. The van der Waals surface area contributed by atoms with Crippen molar-refractivity contribution in [2.45, 2.75) is 58.3 Å². The molecule has 0 atom stereocenters. The zero-order valence-corrected chi connectivity index (χ0v) is 19.2. The second-order valence-corrected chi connectivity index (χ2v) is 9.23. The van der Waals surface area contributed by atoms with Crippen LogP contribution in [0.1, 0.15) is 67.7 Å². The Balaban J connectivity index is 1.36.